The number of methoxy groups -OCH3 is 1. The van der Waals surface area contributed by atoms with Crippen molar-refractivity contribution in [1.29, 1.82) is 0 Å². The third-order valence-corrected chi connectivity index (χ3v) is 5.36. The largest absolute Gasteiger partial charge is 0.493 e. The second-order valence-corrected chi connectivity index (χ2v) is 8.43. The Morgan fingerprint density at radius 1 is 0.865 bits per heavy atom. The summed E-state index contributed by atoms with van der Waals surface area (Å²) in [7, 11) is 1.47. The molecule has 37 heavy (non-hydrogen) atoms. The lowest BCUT2D eigenvalue weighted by Gasteiger charge is -2.12. The molecule has 0 aliphatic heterocycles. The van der Waals surface area contributed by atoms with Gasteiger partial charge in [-0.25, -0.2) is 5.43 Å². The highest BCUT2D eigenvalue weighted by Gasteiger charge is 2.13. The van der Waals surface area contributed by atoms with E-state index in [1.54, 1.807) is 18.2 Å². The molecule has 3 amide bonds. The normalized spacial score (nSPS) is 10.6. The molecule has 9 heteroatoms. The molecule has 0 saturated heterocycles. The molecule has 0 aliphatic carbocycles. The predicted octanol–water partition coefficient (Wildman–Crippen LogP) is 3.40. The fourth-order valence-corrected chi connectivity index (χ4v) is 3.35. The molecular formula is C28H30N4O5. The second kappa shape index (κ2) is 12.9. The molecule has 3 rings (SSSR count). The van der Waals surface area contributed by atoms with E-state index in [1.807, 2.05) is 63.2 Å². The van der Waals surface area contributed by atoms with E-state index in [0.29, 0.717) is 17.1 Å². The Hall–Kier alpha value is -4.66. The van der Waals surface area contributed by atoms with Gasteiger partial charge in [0.15, 0.2) is 18.1 Å². The number of aryl methyl sites for hydroxylation is 3. The minimum absolute atomic E-state index is 0.204. The van der Waals surface area contributed by atoms with E-state index in [4.69, 9.17) is 9.47 Å². The van der Waals surface area contributed by atoms with Gasteiger partial charge in [-0.3, -0.25) is 14.4 Å². The van der Waals surface area contributed by atoms with Crippen molar-refractivity contribution in [2.45, 2.75) is 27.3 Å². The minimum atomic E-state index is -0.884. The number of rotatable bonds is 9. The molecule has 0 aliphatic rings. The molecule has 0 bridgehead atoms. The third kappa shape index (κ3) is 8.21. The second-order valence-electron chi connectivity index (χ2n) is 8.43. The Balaban J connectivity index is 1.49. The topological polar surface area (TPSA) is 118 Å². The van der Waals surface area contributed by atoms with Crippen LogP contribution in [-0.2, 0) is 20.9 Å². The van der Waals surface area contributed by atoms with Gasteiger partial charge in [0.1, 0.15) is 0 Å². The summed E-state index contributed by atoms with van der Waals surface area (Å²) in [6.45, 7) is 5.91. The van der Waals surface area contributed by atoms with E-state index in [-0.39, 0.29) is 19.1 Å². The molecule has 0 saturated carbocycles. The summed E-state index contributed by atoms with van der Waals surface area (Å²) in [5.41, 5.74) is 7.57. The third-order valence-electron chi connectivity index (χ3n) is 5.36. The van der Waals surface area contributed by atoms with E-state index < -0.39 is 11.8 Å². The average molecular weight is 503 g/mol. The van der Waals surface area contributed by atoms with Gasteiger partial charge in [-0.15, -0.1) is 0 Å². The number of hydrogen-bond acceptors (Lipinski definition) is 6. The van der Waals surface area contributed by atoms with E-state index in [1.165, 1.54) is 13.3 Å². The minimum Gasteiger partial charge on any atom is -0.493 e. The van der Waals surface area contributed by atoms with Crippen molar-refractivity contribution in [3.63, 3.8) is 0 Å². The zero-order valence-corrected chi connectivity index (χ0v) is 21.3. The molecule has 3 N–H and O–H groups in total. The summed E-state index contributed by atoms with van der Waals surface area (Å²) in [6.07, 6.45) is 1.37. The Bertz CT molecular complexity index is 1300. The first-order valence-electron chi connectivity index (χ1n) is 11.6. The molecule has 0 radical (unpaired) electrons. The lowest BCUT2D eigenvalue weighted by molar-refractivity contribution is -0.139. The molecule has 9 nitrogen and oxygen atoms in total. The highest BCUT2D eigenvalue weighted by atomic mass is 16.5. The van der Waals surface area contributed by atoms with Crippen LogP contribution in [0, 0.1) is 20.8 Å². The van der Waals surface area contributed by atoms with Crippen molar-refractivity contribution >= 4 is 29.6 Å². The number of hydrazone groups is 1. The fraction of sp³-hybridized carbons (Fsp3) is 0.214. The van der Waals surface area contributed by atoms with Crippen LogP contribution in [0.3, 0.4) is 0 Å². The van der Waals surface area contributed by atoms with Crippen molar-refractivity contribution in [3.8, 4) is 11.5 Å². The van der Waals surface area contributed by atoms with Crippen LogP contribution >= 0.6 is 0 Å². The molecule has 0 aromatic heterocycles. The van der Waals surface area contributed by atoms with Gasteiger partial charge in [0, 0.05) is 12.2 Å². The first-order chi connectivity index (χ1) is 17.7. The summed E-state index contributed by atoms with van der Waals surface area (Å²) in [5, 5.41) is 9.19. The van der Waals surface area contributed by atoms with E-state index in [0.717, 1.165) is 27.9 Å². The van der Waals surface area contributed by atoms with Crippen molar-refractivity contribution in [2.75, 3.05) is 19.0 Å². The van der Waals surface area contributed by atoms with Gasteiger partial charge >= 0.3 is 11.8 Å². The maximum atomic E-state index is 12.3. The molecule has 3 aromatic carbocycles. The zero-order chi connectivity index (χ0) is 26.8. The standard InChI is InChI=1S/C28H30N4O5/c1-18-5-8-21(9-6-18)15-29-27(34)28(35)32-30-16-22-10-12-24(25(14-22)36-4)37-17-26(33)31-23-11-7-19(2)13-20(23)3/h5-14,16H,15,17H2,1-4H3,(H,29,34)(H,31,33)(H,32,35)/b30-16-. The van der Waals surface area contributed by atoms with Crippen molar-refractivity contribution in [2.24, 2.45) is 5.10 Å². The number of amides is 3. The highest BCUT2D eigenvalue weighted by molar-refractivity contribution is 6.35. The fourth-order valence-electron chi connectivity index (χ4n) is 3.35. The average Bonchev–Trinajstić information content (AvgIpc) is 2.88. The molecule has 3 aromatic rings. The Morgan fingerprint density at radius 2 is 1.59 bits per heavy atom. The van der Waals surface area contributed by atoms with Gasteiger partial charge in [0.05, 0.1) is 13.3 Å². The molecular weight excluding hydrogens is 472 g/mol. The number of nitrogens with one attached hydrogen (secondary N) is 3. The van der Waals surface area contributed by atoms with Crippen LogP contribution in [0.1, 0.15) is 27.8 Å². The molecule has 0 fully saturated rings. The van der Waals surface area contributed by atoms with Crippen LogP contribution in [0.2, 0.25) is 0 Å². The zero-order valence-electron chi connectivity index (χ0n) is 21.3. The number of carbonyl (C=O) groups is 3. The summed E-state index contributed by atoms with van der Waals surface area (Å²) in [5.74, 6) is -1.23. The van der Waals surface area contributed by atoms with Crippen LogP contribution in [-0.4, -0.2) is 37.7 Å². The summed E-state index contributed by atoms with van der Waals surface area (Å²) in [4.78, 5) is 36.3. The maximum absolute atomic E-state index is 12.3. The molecule has 0 heterocycles. The molecule has 0 spiro atoms. The van der Waals surface area contributed by atoms with Gasteiger partial charge in [-0.05, 0) is 61.7 Å². The number of hydrogen-bond donors (Lipinski definition) is 3. The quantitative estimate of drug-likeness (QED) is 0.235. The van der Waals surface area contributed by atoms with Crippen LogP contribution in [0.4, 0.5) is 5.69 Å². The number of ether oxygens (including phenoxy) is 2. The lowest BCUT2D eigenvalue weighted by Crippen LogP contribution is -2.37. The SMILES string of the molecule is COc1cc(/C=N\NC(=O)C(=O)NCc2ccc(C)cc2)ccc1OCC(=O)Nc1ccc(C)cc1C. The van der Waals surface area contributed by atoms with Gasteiger partial charge < -0.3 is 20.1 Å². The van der Waals surface area contributed by atoms with Crippen LogP contribution < -0.4 is 25.5 Å². The first-order valence-corrected chi connectivity index (χ1v) is 11.6. The summed E-state index contributed by atoms with van der Waals surface area (Å²) < 4.78 is 11.0. The lowest BCUT2D eigenvalue weighted by atomic mass is 10.1. The van der Waals surface area contributed by atoms with E-state index in [9.17, 15) is 14.4 Å². The van der Waals surface area contributed by atoms with E-state index in [2.05, 4.69) is 21.2 Å². The summed E-state index contributed by atoms with van der Waals surface area (Å²) in [6, 6.07) is 18.3. The molecule has 0 unspecified atom stereocenters. The number of carbonyl (C=O) groups excluding carboxylic acids is 3. The maximum Gasteiger partial charge on any atom is 0.329 e. The Morgan fingerprint density at radius 3 is 2.30 bits per heavy atom. The van der Waals surface area contributed by atoms with Gasteiger partial charge in [0.2, 0.25) is 0 Å². The molecule has 192 valence electrons. The Kier molecular flexibility index (Phi) is 9.37. The van der Waals surface area contributed by atoms with Crippen molar-refractivity contribution in [1.82, 2.24) is 10.7 Å². The first kappa shape index (κ1) is 26.9. The van der Waals surface area contributed by atoms with Crippen LogP contribution in [0.5, 0.6) is 11.5 Å². The predicted molar refractivity (Wildman–Crippen MR) is 142 cm³/mol. The van der Waals surface area contributed by atoms with Crippen molar-refractivity contribution < 1.29 is 23.9 Å². The highest BCUT2D eigenvalue weighted by Crippen LogP contribution is 2.27. The smallest absolute Gasteiger partial charge is 0.329 e. The van der Waals surface area contributed by atoms with Crippen LogP contribution in [0.25, 0.3) is 0 Å². The van der Waals surface area contributed by atoms with Gasteiger partial charge in [0.25, 0.3) is 5.91 Å². The van der Waals surface area contributed by atoms with Gasteiger partial charge in [-0.2, -0.15) is 5.10 Å². The summed E-state index contributed by atoms with van der Waals surface area (Å²) >= 11 is 0. The van der Waals surface area contributed by atoms with Gasteiger partial charge in [-0.1, -0.05) is 47.5 Å². The molecule has 0 atom stereocenters. The number of benzene rings is 3. The van der Waals surface area contributed by atoms with E-state index >= 15 is 0 Å². The Labute approximate surface area is 215 Å². The van der Waals surface area contributed by atoms with Crippen molar-refractivity contribution in [3.05, 3.63) is 88.5 Å². The van der Waals surface area contributed by atoms with Crippen LogP contribution in [0.15, 0.2) is 65.8 Å². The monoisotopic (exact) mass is 502 g/mol. The number of nitrogens with zero attached hydrogens (tertiary/aromatic N) is 1. The number of anilines is 1.